The number of hydrogen-bond acceptors (Lipinski definition) is 3. The van der Waals surface area contributed by atoms with Crippen molar-refractivity contribution in [2.24, 2.45) is 17.1 Å². The summed E-state index contributed by atoms with van der Waals surface area (Å²) in [5.74, 6) is 0.484. The summed E-state index contributed by atoms with van der Waals surface area (Å²) in [5, 5.41) is 0. The zero-order chi connectivity index (χ0) is 12.6. The second-order valence-electron chi connectivity index (χ2n) is 4.89. The van der Waals surface area contributed by atoms with E-state index in [0.717, 1.165) is 25.7 Å². The van der Waals surface area contributed by atoms with Crippen LogP contribution >= 0.6 is 0 Å². The molecule has 0 saturated carbocycles. The lowest BCUT2D eigenvalue weighted by molar-refractivity contribution is -0.156. The van der Waals surface area contributed by atoms with E-state index in [9.17, 15) is 4.79 Å². The second kappa shape index (κ2) is 7.66. The van der Waals surface area contributed by atoms with E-state index in [1.165, 1.54) is 0 Å². The average molecular weight is 229 g/mol. The van der Waals surface area contributed by atoms with Gasteiger partial charge in [-0.3, -0.25) is 4.79 Å². The standard InChI is InChI=1S/C13H27NO2/c1-5-8-13(10-14,9-7-11(3)4)12(15)16-6-2/h11H,5-10,14H2,1-4H3. The summed E-state index contributed by atoms with van der Waals surface area (Å²) in [4.78, 5) is 12.0. The molecule has 0 aliphatic carbocycles. The van der Waals surface area contributed by atoms with Crippen molar-refractivity contribution in [3.8, 4) is 0 Å². The maximum absolute atomic E-state index is 12.0. The molecule has 16 heavy (non-hydrogen) atoms. The molecule has 3 heteroatoms. The number of hydrogen-bond donors (Lipinski definition) is 1. The molecular formula is C13H27NO2. The zero-order valence-electron chi connectivity index (χ0n) is 11.2. The number of carbonyl (C=O) groups is 1. The van der Waals surface area contributed by atoms with Gasteiger partial charge in [-0.2, -0.15) is 0 Å². The van der Waals surface area contributed by atoms with E-state index < -0.39 is 5.41 Å². The fourth-order valence-electron chi connectivity index (χ4n) is 1.94. The fraction of sp³-hybridized carbons (Fsp3) is 0.923. The van der Waals surface area contributed by atoms with Crippen LogP contribution in [-0.4, -0.2) is 19.1 Å². The number of ether oxygens (including phenoxy) is 1. The van der Waals surface area contributed by atoms with Crippen LogP contribution in [0, 0.1) is 11.3 Å². The first kappa shape index (κ1) is 15.4. The minimum absolute atomic E-state index is 0.111. The quantitative estimate of drug-likeness (QED) is 0.651. The largest absolute Gasteiger partial charge is 0.466 e. The Kier molecular flexibility index (Phi) is 7.39. The van der Waals surface area contributed by atoms with Gasteiger partial charge in [0.2, 0.25) is 0 Å². The van der Waals surface area contributed by atoms with Gasteiger partial charge in [0.15, 0.2) is 0 Å². The van der Waals surface area contributed by atoms with Crippen molar-refractivity contribution in [1.29, 1.82) is 0 Å². The van der Waals surface area contributed by atoms with Crippen molar-refractivity contribution in [3.05, 3.63) is 0 Å². The Bertz CT molecular complexity index is 204. The molecule has 1 unspecified atom stereocenters. The predicted molar refractivity (Wildman–Crippen MR) is 67.1 cm³/mol. The summed E-state index contributed by atoms with van der Waals surface area (Å²) in [6, 6.07) is 0. The molecule has 3 nitrogen and oxygen atoms in total. The SMILES string of the molecule is CCCC(CN)(CCC(C)C)C(=O)OCC. The predicted octanol–water partition coefficient (Wildman–Crippen LogP) is 2.73. The Morgan fingerprint density at radius 3 is 2.31 bits per heavy atom. The summed E-state index contributed by atoms with van der Waals surface area (Å²) in [5.41, 5.74) is 5.36. The third kappa shape index (κ3) is 4.52. The van der Waals surface area contributed by atoms with Gasteiger partial charge in [-0.05, 0) is 32.1 Å². The Morgan fingerprint density at radius 1 is 1.31 bits per heavy atom. The zero-order valence-corrected chi connectivity index (χ0v) is 11.2. The van der Waals surface area contributed by atoms with Crippen LogP contribution in [-0.2, 0) is 9.53 Å². The number of rotatable bonds is 8. The van der Waals surface area contributed by atoms with Gasteiger partial charge in [0.05, 0.1) is 12.0 Å². The molecule has 0 spiro atoms. The minimum atomic E-state index is -0.449. The molecule has 0 rings (SSSR count). The molecule has 0 heterocycles. The molecule has 0 saturated heterocycles. The third-order valence-corrected chi connectivity index (χ3v) is 3.03. The normalized spacial score (nSPS) is 14.9. The molecule has 2 N–H and O–H groups in total. The molecule has 0 bridgehead atoms. The molecule has 0 aliphatic rings. The van der Waals surface area contributed by atoms with Gasteiger partial charge in [-0.15, -0.1) is 0 Å². The van der Waals surface area contributed by atoms with Crippen molar-refractivity contribution in [2.75, 3.05) is 13.2 Å². The highest BCUT2D eigenvalue weighted by Crippen LogP contribution is 2.32. The van der Waals surface area contributed by atoms with Gasteiger partial charge in [-0.25, -0.2) is 0 Å². The van der Waals surface area contributed by atoms with Crippen molar-refractivity contribution in [3.63, 3.8) is 0 Å². The lowest BCUT2D eigenvalue weighted by Gasteiger charge is -2.30. The lowest BCUT2D eigenvalue weighted by atomic mass is 9.77. The van der Waals surface area contributed by atoms with E-state index in [-0.39, 0.29) is 5.97 Å². The topological polar surface area (TPSA) is 52.3 Å². The monoisotopic (exact) mass is 229 g/mol. The maximum Gasteiger partial charge on any atom is 0.313 e. The summed E-state index contributed by atoms with van der Waals surface area (Å²) in [6.07, 6.45) is 3.66. The van der Waals surface area contributed by atoms with Crippen LogP contribution in [0.3, 0.4) is 0 Å². The summed E-state index contributed by atoms with van der Waals surface area (Å²) in [6.45, 7) is 9.09. The molecular weight excluding hydrogens is 202 g/mol. The van der Waals surface area contributed by atoms with Gasteiger partial charge in [0, 0.05) is 6.54 Å². The molecule has 0 radical (unpaired) electrons. The van der Waals surface area contributed by atoms with Crippen LogP contribution in [0.2, 0.25) is 0 Å². The van der Waals surface area contributed by atoms with E-state index in [1.54, 1.807) is 0 Å². The fourth-order valence-corrected chi connectivity index (χ4v) is 1.94. The number of nitrogens with two attached hydrogens (primary N) is 1. The van der Waals surface area contributed by atoms with Crippen LogP contribution in [0.5, 0.6) is 0 Å². The van der Waals surface area contributed by atoms with Gasteiger partial charge in [-0.1, -0.05) is 27.2 Å². The van der Waals surface area contributed by atoms with Crippen LogP contribution in [0.1, 0.15) is 53.4 Å². The molecule has 0 aliphatic heterocycles. The summed E-state index contributed by atoms with van der Waals surface area (Å²) < 4.78 is 5.16. The highest BCUT2D eigenvalue weighted by molar-refractivity contribution is 5.77. The molecule has 0 aromatic rings. The smallest absolute Gasteiger partial charge is 0.313 e. The molecule has 0 aromatic carbocycles. The first-order chi connectivity index (χ1) is 7.52. The van der Waals surface area contributed by atoms with E-state index in [1.807, 2.05) is 6.92 Å². The van der Waals surface area contributed by atoms with Crippen molar-refractivity contribution >= 4 is 5.97 Å². The first-order valence-electron chi connectivity index (χ1n) is 6.39. The van der Waals surface area contributed by atoms with Crippen molar-refractivity contribution < 1.29 is 9.53 Å². The highest BCUT2D eigenvalue weighted by atomic mass is 16.5. The van der Waals surface area contributed by atoms with Gasteiger partial charge in [0.1, 0.15) is 0 Å². The molecule has 1 atom stereocenters. The van der Waals surface area contributed by atoms with E-state index >= 15 is 0 Å². The second-order valence-corrected chi connectivity index (χ2v) is 4.89. The Labute approximate surface area is 99.7 Å². The highest BCUT2D eigenvalue weighted by Gasteiger charge is 2.37. The average Bonchev–Trinajstić information content (AvgIpc) is 2.24. The van der Waals surface area contributed by atoms with E-state index in [0.29, 0.717) is 19.1 Å². The lowest BCUT2D eigenvalue weighted by Crippen LogP contribution is -2.40. The molecule has 96 valence electrons. The van der Waals surface area contributed by atoms with Gasteiger partial charge in [0.25, 0.3) is 0 Å². The van der Waals surface area contributed by atoms with Crippen molar-refractivity contribution in [1.82, 2.24) is 0 Å². The van der Waals surface area contributed by atoms with Gasteiger partial charge >= 0.3 is 5.97 Å². The Hall–Kier alpha value is -0.570. The van der Waals surface area contributed by atoms with E-state index in [4.69, 9.17) is 10.5 Å². The van der Waals surface area contributed by atoms with Crippen LogP contribution < -0.4 is 5.73 Å². The summed E-state index contributed by atoms with van der Waals surface area (Å²) >= 11 is 0. The van der Waals surface area contributed by atoms with Gasteiger partial charge < -0.3 is 10.5 Å². The Balaban J connectivity index is 4.62. The van der Waals surface area contributed by atoms with Crippen molar-refractivity contribution in [2.45, 2.75) is 53.4 Å². The van der Waals surface area contributed by atoms with Crippen LogP contribution in [0.25, 0.3) is 0 Å². The first-order valence-corrected chi connectivity index (χ1v) is 6.39. The summed E-state index contributed by atoms with van der Waals surface area (Å²) in [7, 11) is 0. The minimum Gasteiger partial charge on any atom is -0.466 e. The molecule has 0 amide bonds. The molecule has 0 aromatic heterocycles. The Morgan fingerprint density at radius 2 is 1.94 bits per heavy atom. The third-order valence-electron chi connectivity index (χ3n) is 3.03. The maximum atomic E-state index is 12.0. The number of carbonyl (C=O) groups excluding carboxylic acids is 1. The van der Waals surface area contributed by atoms with Crippen LogP contribution in [0.15, 0.2) is 0 Å². The number of esters is 1. The molecule has 0 fully saturated rings. The van der Waals surface area contributed by atoms with E-state index in [2.05, 4.69) is 20.8 Å². The van der Waals surface area contributed by atoms with Crippen LogP contribution in [0.4, 0.5) is 0 Å².